The zero-order chi connectivity index (χ0) is 22.7. The fourth-order valence-corrected chi connectivity index (χ4v) is 5.89. The fourth-order valence-electron chi connectivity index (χ4n) is 5.71. The molecule has 1 saturated carbocycles. The number of halogens is 1. The molecule has 9 heteroatoms. The van der Waals surface area contributed by atoms with Gasteiger partial charge in [-0.05, 0) is 50.1 Å². The summed E-state index contributed by atoms with van der Waals surface area (Å²) < 4.78 is 7.18. The van der Waals surface area contributed by atoms with E-state index in [4.69, 9.17) is 16.3 Å². The lowest BCUT2D eigenvalue weighted by atomic mass is 9.57. The highest BCUT2D eigenvalue weighted by Crippen LogP contribution is 2.56. The molecule has 0 N–H and O–H groups in total. The number of anilines is 1. The second-order valence-corrected chi connectivity index (χ2v) is 9.87. The molecule has 1 atom stereocenters. The summed E-state index contributed by atoms with van der Waals surface area (Å²) in [5, 5.41) is 9.74. The van der Waals surface area contributed by atoms with E-state index in [0.29, 0.717) is 22.9 Å². The number of amides is 1. The number of aromatic nitrogens is 4. The first-order chi connectivity index (χ1) is 16.0. The van der Waals surface area contributed by atoms with Crippen molar-refractivity contribution in [3.05, 3.63) is 64.8 Å². The van der Waals surface area contributed by atoms with Crippen LogP contribution in [0.2, 0.25) is 5.02 Å². The van der Waals surface area contributed by atoms with Crippen molar-refractivity contribution in [2.24, 2.45) is 5.41 Å². The normalized spacial score (nSPS) is 21.0. The summed E-state index contributed by atoms with van der Waals surface area (Å²) in [7, 11) is 1.40. The number of nitrogens with zero attached hydrogens (tertiary/aromatic N) is 6. The number of fused-ring (bicyclic) bond motifs is 3. The van der Waals surface area contributed by atoms with Crippen LogP contribution in [0.4, 0.5) is 10.6 Å². The van der Waals surface area contributed by atoms with Crippen molar-refractivity contribution in [1.82, 2.24) is 24.6 Å². The molecule has 2 aromatic heterocycles. The maximum absolute atomic E-state index is 12.5. The predicted octanol–water partition coefficient (Wildman–Crippen LogP) is 4.34. The molecule has 1 aromatic carbocycles. The first-order valence-corrected chi connectivity index (χ1v) is 11.6. The molecule has 170 valence electrons. The second kappa shape index (κ2) is 7.45. The van der Waals surface area contributed by atoms with Gasteiger partial charge in [-0.25, -0.2) is 9.78 Å². The Morgan fingerprint density at radius 3 is 2.73 bits per heavy atom. The Labute approximate surface area is 197 Å². The van der Waals surface area contributed by atoms with Crippen molar-refractivity contribution >= 4 is 23.5 Å². The van der Waals surface area contributed by atoms with Crippen LogP contribution in [0.25, 0.3) is 5.69 Å². The molecule has 1 amide bonds. The van der Waals surface area contributed by atoms with E-state index in [2.05, 4.69) is 30.7 Å². The first kappa shape index (κ1) is 20.5. The number of carbonyl (C=O) groups is 1. The smallest absolute Gasteiger partial charge is 0.410 e. The standard InChI is InChI=1S/C24H25ClN6O2/c1-15-18-9-17(25)6-7-19(18)31-21(12-30(15)23(32)33-2)27-28-22(31)16-10-24(11-16)13-29(14-24)20-5-3-4-8-26-20/h3-9,15-16H,10-14H2,1-2H3. The highest BCUT2D eigenvalue weighted by Gasteiger charge is 2.54. The van der Waals surface area contributed by atoms with Crippen LogP contribution in [-0.4, -0.2) is 50.9 Å². The molecule has 1 unspecified atom stereocenters. The molecule has 2 aliphatic heterocycles. The van der Waals surface area contributed by atoms with E-state index in [1.807, 2.05) is 43.5 Å². The van der Waals surface area contributed by atoms with Gasteiger partial charge in [-0.1, -0.05) is 17.7 Å². The number of hydrogen-bond donors (Lipinski definition) is 0. The van der Waals surface area contributed by atoms with Crippen LogP contribution in [-0.2, 0) is 11.3 Å². The molecule has 6 rings (SSSR count). The summed E-state index contributed by atoms with van der Waals surface area (Å²) in [6, 6.07) is 11.7. The average Bonchev–Trinajstić information content (AvgIpc) is 3.13. The quantitative estimate of drug-likeness (QED) is 0.561. The van der Waals surface area contributed by atoms with Crippen molar-refractivity contribution in [2.45, 2.75) is 38.3 Å². The van der Waals surface area contributed by atoms with Crippen molar-refractivity contribution in [3.8, 4) is 5.69 Å². The SMILES string of the molecule is COC(=O)N1Cc2nnc(C3CC4(C3)CN(c3ccccn3)C4)n2-c2ccc(Cl)cc2C1C. The lowest BCUT2D eigenvalue weighted by molar-refractivity contribution is 0.0581. The zero-order valence-corrected chi connectivity index (χ0v) is 19.4. The van der Waals surface area contributed by atoms with Crippen LogP contribution in [0.15, 0.2) is 42.6 Å². The van der Waals surface area contributed by atoms with Gasteiger partial charge >= 0.3 is 6.09 Å². The van der Waals surface area contributed by atoms with Crippen molar-refractivity contribution in [2.75, 3.05) is 25.1 Å². The van der Waals surface area contributed by atoms with Gasteiger partial charge in [0.1, 0.15) is 11.6 Å². The monoisotopic (exact) mass is 464 g/mol. The lowest BCUT2D eigenvalue weighted by Gasteiger charge is -2.59. The molecule has 1 spiro atoms. The van der Waals surface area contributed by atoms with Crippen LogP contribution < -0.4 is 4.90 Å². The predicted molar refractivity (Wildman–Crippen MR) is 124 cm³/mol. The van der Waals surface area contributed by atoms with Gasteiger partial charge in [-0.3, -0.25) is 9.47 Å². The van der Waals surface area contributed by atoms with Crippen LogP contribution in [0.3, 0.4) is 0 Å². The van der Waals surface area contributed by atoms with Crippen molar-refractivity contribution < 1.29 is 9.53 Å². The summed E-state index contributed by atoms with van der Waals surface area (Å²) in [6.45, 7) is 4.38. The Bertz CT molecular complexity index is 1210. The first-order valence-electron chi connectivity index (χ1n) is 11.2. The van der Waals surface area contributed by atoms with Gasteiger partial charge in [0, 0.05) is 41.2 Å². The van der Waals surface area contributed by atoms with Crippen molar-refractivity contribution in [1.29, 1.82) is 0 Å². The second-order valence-electron chi connectivity index (χ2n) is 9.44. The summed E-state index contributed by atoms with van der Waals surface area (Å²) in [6.07, 6.45) is 3.61. The van der Waals surface area contributed by atoms with Crippen LogP contribution >= 0.6 is 11.6 Å². The Balaban J connectivity index is 1.29. The molecule has 8 nitrogen and oxygen atoms in total. The van der Waals surface area contributed by atoms with E-state index >= 15 is 0 Å². The number of pyridine rings is 1. The molecule has 2 fully saturated rings. The number of rotatable bonds is 2. The summed E-state index contributed by atoms with van der Waals surface area (Å²) in [4.78, 5) is 21.0. The minimum Gasteiger partial charge on any atom is -0.453 e. The van der Waals surface area contributed by atoms with Crippen LogP contribution in [0.5, 0.6) is 0 Å². The van der Waals surface area contributed by atoms with E-state index < -0.39 is 6.09 Å². The molecular formula is C24H25ClN6O2. The van der Waals surface area contributed by atoms with Gasteiger partial charge in [0.2, 0.25) is 0 Å². The van der Waals surface area contributed by atoms with E-state index in [-0.39, 0.29) is 6.04 Å². The Morgan fingerprint density at radius 2 is 2.00 bits per heavy atom. The van der Waals surface area contributed by atoms with Crippen LogP contribution in [0, 0.1) is 5.41 Å². The highest BCUT2D eigenvalue weighted by atomic mass is 35.5. The maximum atomic E-state index is 12.5. The molecule has 33 heavy (non-hydrogen) atoms. The molecule has 3 aliphatic rings. The fraction of sp³-hybridized carbons (Fsp3) is 0.417. The van der Waals surface area contributed by atoms with Gasteiger partial charge < -0.3 is 9.64 Å². The van der Waals surface area contributed by atoms with Gasteiger partial charge in [0.05, 0.1) is 25.4 Å². The topological polar surface area (TPSA) is 76.4 Å². The van der Waals surface area contributed by atoms with Gasteiger partial charge in [0.25, 0.3) is 0 Å². The number of ether oxygens (including phenoxy) is 1. The maximum Gasteiger partial charge on any atom is 0.410 e. The summed E-state index contributed by atoms with van der Waals surface area (Å²) in [5.41, 5.74) is 2.28. The third kappa shape index (κ3) is 3.19. The third-order valence-corrected chi connectivity index (χ3v) is 7.61. The Kier molecular flexibility index (Phi) is 4.62. The van der Waals surface area contributed by atoms with Crippen LogP contribution in [0.1, 0.15) is 48.9 Å². The minimum atomic E-state index is -0.391. The van der Waals surface area contributed by atoms with Crippen molar-refractivity contribution in [3.63, 3.8) is 0 Å². The molecule has 0 radical (unpaired) electrons. The molecule has 1 aliphatic carbocycles. The van der Waals surface area contributed by atoms with E-state index in [0.717, 1.165) is 54.6 Å². The average molecular weight is 465 g/mol. The molecular weight excluding hydrogens is 440 g/mol. The van der Waals surface area contributed by atoms with E-state index in [1.54, 1.807) is 4.90 Å². The number of hydrogen-bond acceptors (Lipinski definition) is 6. The Morgan fingerprint density at radius 1 is 1.18 bits per heavy atom. The number of methoxy groups -OCH3 is 1. The summed E-state index contributed by atoms with van der Waals surface area (Å²) in [5.74, 6) is 3.09. The van der Waals surface area contributed by atoms with E-state index in [1.165, 1.54) is 7.11 Å². The highest BCUT2D eigenvalue weighted by molar-refractivity contribution is 6.30. The summed E-state index contributed by atoms with van der Waals surface area (Å²) >= 11 is 6.34. The molecule has 4 heterocycles. The minimum absolute atomic E-state index is 0.202. The van der Waals surface area contributed by atoms with Gasteiger partial charge in [-0.2, -0.15) is 0 Å². The van der Waals surface area contributed by atoms with Gasteiger partial charge in [-0.15, -0.1) is 10.2 Å². The van der Waals surface area contributed by atoms with E-state index in [9.17, 15) is 4.79 Å². The van der Waals surface area contributed by atoms with Gasteiger partial charge in [0.15, 0.2) is 5.82 Å². The number of benzene rings is 1. The zero-order valence-electron chi connectivity index (χ0n) is 18.6. The third-order valence-electron chi connectivity index (χ3n) is 7.37. The molecule has 0 bridgehead atoms. The largest absolute Gasteiger partial charge is 0.453 e. The lowest BCUT2D eigenvalue weighted by Crippen LogP contribution is -2.62. The number of carbonyl (C=O) groups excluding carboxylic acids is 1. The Hall–Kier alpha value is -3.13. The molecule has 1 saturated heterocycles. The molecule has 3 aromatic rings.